The van der Waals surface area contributed by atoms with E-state index in [9.17, 15) is 4.79 Å². The zero-order valence-electron chi connectivity index (χ0n) is 13.5. The van der Waals surface area contributed by atoms with Crippen LogP contribution in [-0.2, 0) is 0 Å². The number of rotatable bonds is 9. The van der Waals surface area contributed by atoms with Crippen LogP contribution in [0.25, 0.3) is 0 Å². The topological polar surface area (TPSA) is 55.6 Å². The molecule has 0 atom stereocenters. The van der Waals surface area contributed by atoms with Crippen molar-refractivity contribution < 1.29 is 9.53 Å². The number of anilines is 1. The molecule has 1 aromatic carbocycles. The number of nitrogens with two attached hydrogens (primary N) is 1. The monoisotopic (exact) mass is 292 g/mol. The first kappa shape index (κ1) is 17.3. The van der Waals surface area contributed by atoms with E-state index in [1.807, 2.05) is 17.9 Å². The van der Waals surface area contributed by atoms with E-state index in [1.165, 1.54) is 0 Å². The summed E-state index contributed by atoms with van der Waals surface area (Å²) in [4.78, 5) is 14.7. The highest BCUT2D eigenvalue weighted by Crippen LogP contribution is 2.27. The molecular formula is C17H28N2O2. The van der Waals surface area contributed by atoms with Crippen LogP contribution in [0.5, 0.6) is 5.75 Å². The molecule has 0 aliphatic heterocycles. The third kappa shape index (κ3) is 4.96. The number of ether oxygens (including phenoxy) is 1. The first-order valence-electron chi connectivity index (χ1n) is 7.96. The number of hydrogen-bond donors (Lipinski definition) is 1. The zero-order chi connectivity index (χ0) is 15.7. The summed E-state index contributed by atoms with van der Waals surface area (Å²) in [6.45, 7) is 8.24. The first-order valence-corrected chi connectivity index (χ1v) is 7.96. The number of carbonyl (C=O) groups is 1. The fraction of sp³-hybridized carbons (Fsp3) is 0.588. The Morgan fingerprint density at radius 2 is 1.76 bits per heavy atom. The van der Waals surface area contributed by atoms with Crippen molar-refractivity contribution in [3.05, 3.63) is 23.8 Å². The first-order chi connectivity index (χ1) is 10.2. The molecule has 2 N–H and O–H groups in total. The molecule has 0 saturated carbocycles. The van der Waals surface area contributed by atoms with Gasteiger partial charge in [-0.1, -0.05) is 32.8 Å². The van der Waals surface area contributed by atoms with E-state index in [-0.39, 0.29) is 5.91 Å². The van der Waals surface area contributed by atoms with Crippen LogP contribution in [0.3, 0.4) is 0 Å². The maximum absolute atomic E-state index is 12.8. The molecule has 0 spiro atoms. The van der Waals surface area contributed by atoms with Gasteiger partial charge in [-0.05, 0) is 31.9 Å². The van der Waals surface area contributed by atoms with E-state index >= 15 is 0 Å². The van der Waals surface area contributed by atoms with Crippen LogP contribution in [0.1, 0.15) is 56.8 Å². The van der Waals surface area contributed by atoms with Gasteiger partial charge >= 0.3 is 0 Å². The average molecular weight is 292 g/mol. The zero-order valence-corrected chi connectivity index (χ0v) is 13.5. The second-order valence-corrected chi connectivity index (χ2v) is 5.16. The Labute approximate surface area is 128 Å². The molecule has 0 aromatic heterocycles. The van der Waals surface area contributed by atoms with Gasteiger partial charge < -0.3 is 15.4 Å². The molecule has 0 fully saturated rings. The fourth-order valence-electron chi connectivity index (χ4n) is 2.21. The number of benzene rings is 1. The van der Waals surface area contributed by atoms with Crippen molar-refractivity contribution in [2.24, 2.45) is 0 Å². The minimum absolute atomic E-state index is 0.0210. The van der Waals surface area contributed by atoms with Gasteiger partial charge in [-0.2, -0.15) is 0 Å². The van der Waals surface area contributed by atoms with Crippen molar-refractivity contribution in [3.63, 3.8) is 0 Å². The normalized spacial score (nSPS) is 10.4. The van der Waals surface area contributed by atoms with Crippen LogP contribution < -0.4 is 10.5 Å². The predicted molar refractivity (Wildman–Crippen MR) is 87.7 cm³/mol. The van der Waals surface area contributed by atoms with Crippen molar-refractivity contribution in [1.82, 2.24) is 4.90 Å². The van der Waals surface area contributed by atoms with E-state index in [2.05, 4.69) is 13.8 Å². The van der Waals surface area contributed by atoms with Crippen LogP contribution in [0.2, 0.25) is 0 Å². The SMILES string of the molecule is CCCCN(CCCC)C(=O)c1cccc(N)c1OCC. The van der Waals surface area contributed by atoms with Gasteiger partial charge in [0.25, 0.3) is 5.91 Å². The van der Waals surface area contributed by atoms with Gasteiger partial charge in [0.15, 0.2) is 5.75 Å². The summed E-state index contributed by atoms with van der Waals surface area (Å²) in [5.41, 5.74) is 7.04. The number of unbranched alkanes of at least 4 members (excludes halogenated alkanes) is 2. The molecule has 0 radical (unpaired) electrons. The summed E-state index contributed by atoms with van der Waals surface area (Å²) in [6, 6.07) is 5.38. The molecule has 4 heteroatoms. The van der Waals surface area contributed by atoms with Crippen LogP contribution in [-0.4, -0.2) is 30.5 Å². The van der Waals surface area contributed by atoms with Crippen molar-refractivity contribution in [2.75, 3.05) is 25.4 Å². The Bertz CT molecular complexity index is 438. The van der Waals surface area contributed by atoms with Gasteiger partial charge in [-0.3, -0.25) is 4.79 Å². The maximum atomic E-state index is 12.8. The van der Waals surface area contributed by atoms with E-state index < -0.39 is 0 Å². The second-order valence-electron chi connectivity index (χ2n) is 5.16. The predicted octanol–water partition coefficient (Wildman–Crippen LogP) is 3.71. The van der Waals surface area contributed by atoms with Gasteiger partial charge in [-0.15, -0.1) is 0 Å². The molecule has 1 aromatic rings. The largest absolute Gasteiger partial charge is 0.491 e. The molecule has 21 heavy (non-hydrogen) atoms. The standard InChI is InChI=1S/C17H28N2O2/c1-4-7-12-19(13-8-5-2)17(20)14-10-9-11-15(18)16(14)21-6-3/h9-11H,4-8,12-13,18H2,1-3H3. The highest BCUT2D eigenvalue weighted by Gasteiger charge is 2.20. The van der Waals surface area contributed by atoms with Crippen molar-refractivity contribution in [2.45, 2.75) is 46.5 Å². The summed E-state index contributed by atoms with van der Waals surface area (Å²) in [7, 11) is 0. The number of para-hydroxylation sites is 1. The average Bonchev–Trinajstić information content (AvgIpc) is 2.49. The second kappa shape index (κ2) is 9.27. The molecule has 0 saturated heterocycles. The number of nitrogens with zero attached hydrogens (tertiary/aromatic N) is 1. The van der Waals surface area contributed by atoms with E-state index in [0.29, 0.717) is 23.6 Å². The highest BCUT2D eigenvalue weighted by atomic mass is 16.5. The lowest BCUT2D eigenvalue weighted by Crippen LogP contribution is -2.33. The van der Waals surface area contributed by atoms with Gasteiger partial charge in [0.1, 0.15) is 0 Å². The van der Waals surface area contributed by atoms with Gasteiger partial charge in [0.2, 0.25) is 0 Å². The number of nitrogen functional groups attached to an aromatic ring is 1. The fourth-order valence-corrected chi connectivity index (χ4v) is 2.21. The number of carbonyl (C=O) groups excluding carboxylic acids is 1. The highest BCUT2D eigenvalue weighted by molar-refractivity contribution is 5.98. The van der Waals surface area contributed by atoms with Gasteiger partial charge in [0.05, 0.1) is 17.9 Å². The molecule has 0 aliphatic carbocycles. The molecule has 0 unspecified atom stereocenters. The molecule has 0 aliphatic rings. The van der Waals surface area contributed by atoms with Crippen LogP contribution in [0.4, 0.5) is 5.69 Å². The van der Waals surface area contributed by atoms with Crippen LogP contribution >= 0.6 is 0 Å². The Morgan fingerprint density at radius 3 is 2.29 bits per heavy atom. The molecular weight excluding hydrogens is 264 g/mol. The Kier molecular flexibility index (Phi) is 7.65. The minimum Gasteiger partial charge on any atom is -0.491 e. The van der Waals surface area contributed by atoms with E-state index in [1.54, 1.807) is 12.1 Å². The summed E-state index contributed by atoms with van der Waals surface area (Å²) in [5, 5.41) is 0. The van der Waals surface area contributed by atoms with Gasteiger partial charge in [0, 0.05) is 13.1 Å². The Balaban J connectivity index is 2.98. The third-order valence-electron chi connectivity index (χ3n) is 3.41. The number of amides is 1. The molecule has 1 rings (SSSR count). The quantitative estimate of drug-likeness (QED) is 0.706. The molecule has 4 nitrogen and oxygen atoms in total. The van der Waals surface area contributed by atoms with E-state index in [0.717, 1.165) is 38.8 Å². The summed E-state index contributed by atoms with van der Waals surface area (Å²) in [6.07, 6.45) is 4.18. The molecule has 0 heterocycles. The minimum atomic E-state index is 0.0210. The van der Waals surface area contributed by atoms with E-state index in [4.69, 9.17) is 10.5 Å². The van der Waals surface area contributed by atoms with Crippen molar-refractivity contribution >= 4 is 11.6 Å². The molecule has 0 bridgehead atoms. The third-order valence-corrected chi connectivity index (χ3v) is 3.41. The lowest BCUT2D eigenvalue weighted by Gasteiger charge is -2.24. The molecule has 118 valence electrons. The van der Waals surface area contributed by atoms with Crippen LogP contribution in [0, 0.1) is 0 Å². The van der Waals surface area contributed by atoms with Crippen molar-refractivity contribution in [3.8, 4) is 5.75 Å². The lowest BCUT2D eigenvalue weighted by molar-refractivity contribution is 0.0747. The summed E-state index contributed by atoms with van der Waals surface area (Å²) in [5.74, 6) is 0.538. The Hall–Kier alpha value is -1.71. The van der Waals surface area contributed by atoms with Crippen LogP contribution in [0.15, 0.2) is 18.2 Å². The van der Waals surface area contributed by atoms with Gasteiger partial charge in [-0.25, -0.2) is 0 Å². The maximum Gasteiger partial charge on any atom is 0.257 e. The number of hydrogen-bond acceptors (Lipinski definition) is 3. The smallest absolute Gasteiger partial charge is 0.257 e. The van der Waals surface area contributed by atoms with Crippen molar-refractivity contribution in [1.29, 1.82) is 0 Å². The lowest BCUT2D eigenvalue weighted by atomic mass is 10.1. The Morgan fingerprint density at radius 1 is 1.14 bits per heavy atom. The molecule has 1 amide bonds. The summed E-state index contributed by atoms with van der Waals surface area (Å²) < 4.78 is 5.58. The summed E-state index contributed by atoms with van der Waals surface area (Å²) >= 11 is 0.